The molecule has 4 nitrogen and oxygen atoms in total. The van der Waals surface area contributed by atoms with E-state index in [1.165, 1.54) is 7.11 Å². The van der Waals surface area contributed by atoms with Crippen molar-refractivity contribution in [3.63, 3.8) is 0 Å². The molecule has 0 saturated carbocycles. The number of carbonyl (C=O) groups is 2. The highest BCUT2D eigenvalue weighted by atomic mass is 35.5. The Hall–Kier alpha value is -1.55. The molecule has 1 amide bonds. The first kappa shape index (κ1) is 15.5. The maximum absolute atomic E-state index is 11.7. The molecule has 0 aliphatic rings. The SMILES string of the molecule is COC(=O)[C@@H](Cc1ccccc1Cl)NC(=O)C(C)C. The molecular formula is C14H18ClNO3. The highest BCUT2D eigenvalue weighted by Crippen LogP contribution is 2.17. The molecule has 0 saturated heterocycles. The number of esters is 1. The number of rotatable bonds is 5. The molecule has 1 atom stereocenters. The molecule has 1 aromatic rings. The zero-order valence-corrected chi connectivity index (χ0v) is 12.0. The van der Waals surface area contributed by atoms with Crippen LogP contribution in [0.25, 0.3) is 0 Å². The molecule has 0 bridgehead atoms. The molecule has 0 fully saturated rings. The van der Waals surface area contributed by atoms with E-state index in [-0.39, 0.29) is 11.8 Å². The Balaban J connectivity index is 2.84. The van der Waals surface area contributed by atoms with Crippen molar-refractivity contribution in [2.75, 3.05) is 7.11 Å². The summed E-state index contributed by atoms with van der Waals surface area (Å²) in [5.74, 6) is -0.866. The highest BCUT2D eigenvalue weighted by molar-refractivity contribution is 6.31. The van der Waals surface area contributed by atoms with Gasteiger partial charge in [-0.15, -0.1) is 0 Å². The molecule has 1 N–H and O–H groups in total. The zero-order chi connectivity index (χ0) is 14.4. The van der Waals surface area contributed by atoms with Gasteiger partial charge in [-0.2, -0.15) is 0 Å². The standard InChI is InChI=1S/C14H18ClNO3/c1-9(2)13(17)16-12(14(18)19-3)8-10-6-4-5-7-11(10)15/h4-7,9,12H,8H2,1-3H3,(H,16,17)/t12-/m1/s1. The third-order valence-electron chi connectivity index (χ3n) is 2.71. The van der Waals surface area contributed by atoms with Gasteiger partial charge in [0.05, 0.1) is 7.11 Å². The normalized spacial score (nSPS) is 12.1. The third kappa shape index (κ3) is 4.56. The van der Waals surface area contributed by atoms with Crippen LogP contribution in [0.1, 0.15) is 19.4 Å². The molecule has 1 aromatic carbocycles. The van der Waals surface area contributed by atoms with Crippen molar-refractivity contribution in [1.82, 2.24) is 5.32 Å². The van der Waals surface area contributed by atoms with Crippen molar-refractivity contribution < 1.29 is 14.3 Å². The van der Waals surface area contributed by atoms with E-state index >= 15 is 0 Å². The Morgan fingerprint density at radius 2 is 1.95 bits per heavy atom. The van der Waals surface area contributed by atoms with Crippen LogP contribution < -0.4 is 5.32 Å². The quantitative estimate of drug-likeness (QED) is 0.843. The smallest absolute Gasteiger partial charge is 0.328 e. The maximum Gasteiger partial charge on any atom is 0.328 e. The van der Waals surface area contributed by atoms with Crippen LogP contribution in [0.2, 0.25) is 5.02 Å². The fourth-order valence-corrected chi connectivity index (χ4v) is 1.77. The first-order chi connectivity index (χ1) is 8.95. The summed E-state index contributed by atoms with van der Waals surface area (Å²) in [6.07, 6.45) is 0.310. The number of benzene rings is 1. The lowest BCUT2D eigenvalue weighted by Gasteiger charge is -2.18. The molecular weight excluding hydrogens is 266 g/mol. The fraction of sp³-hybridized carbons (Fsp3) is 0.429. The van der Waals surface area contributed by atoms with Crippen LogP contribution >= 0.6 is 11.6 Å². The second-order valence-corrected chi connectivity index (χ2v) is 4.94. The van der Waals surface area contributed by atoms with Crippen molar-refractivity contribution in [1.29, 1.82) is 0 Å². The van der Waals surface area contributed by atoms with Crippen LogP contribution in [0.15, 0.2) is 24.3 Å². The Bertz CT molecular complexity index is 460. The van der Waals surface area contributed by atoms with Gasteiger partial charge in [0.1, 0.15) is 6.04 Å². The van der Waals surface area contributed by atoms with Crippen molar-refractivity contribution in [2.45, 2.75) is 26.3 Å². The summed E-state index contributed by atoms with van der Waals surface area (Å²) < 4.78 is 4.71. The number of methoxy groups -OCH3 is 1. The first-order valence-electron chi connectivity index (χ1n) is 6.07. The fourth-order valence-electron chi connectivity index (χ4n) is 1.56. The molecule has 5 heteroatoms. The van der Waals surface area contributed by atoms with E-state index in [0.717, 1.165) is 5.56 Å². The van der Waals surface area contributed by atoms with Crippen LogP contribution in [0.4, 0.5) is 0 Å². The van der Waals surface area contributed by atoms with E-state index in [1.807, 2.05) is 18.2 Å². The van der Waals surface area contributed by atoms with Gasteiger partial charge in [-0.3, -0.25) is 4.79 Å². The minimum Gasteiger partial charge on any atom is -0.467 e. The summed E-state index contributed by atoms with van der Waals surface area (Å²) in [5.41, 5.74) is 0.795. The van der Waals surface area contributed by atoms with Gasteiger partial charge in [-0.05, 0) is 11.6 Å². The molecule has 1 rings (SSSR count). The van der Waals surface area contributed by atoms with Crippen LogP contribution in [-0.4, -0.2) is 25.0 Å². The molecule has 0 aromatic heterocycles. The summed E-state index contributed by atoms with van der Waals surface area (Å²) in [6, 6.07) is 6.49. The van der Waals surface area contributed by atoms with E-state index in [4.69, 9.17) is 16.3 Å². The molecule has 0 unspecified atom stereocenters. The summed E-state index contributed by atoms with van der Waals surface area (Å²) >= 11 is 6.05. The molecule has 104 valence electrons. The van der Waals surface area contributed by atoms with Crippen LogP contribution in [0, 0.1) is 5.92 Å². The van der Waals surface area contributed by atoms with Crippen molar-refractivity contribution in [3.8, 4) is 0 Å². The van der Waals surface area contributed by atoms with Gasteiger partial charge >= 0.3 is 5.97 Å². The number of nitrogens with one attached hydrogen (secondary N) is 1. The molecule has 0 aliphatic heterocycles. The van der Waals surface area contributed by atoms with Crippen LogP contribution in [0.3, 0.4) is 0 Å². The van der Waals surface area contributed by atoms with Crippen LogP contribution in [-0.2, 0) is 20.7 Å². The van der Waals surface area contributed by atoms with Gasteiger partial charge < -0.3 is 10.1 Å². The van der Waals surface area contributed by atoms with E-state index in [1.54, 1.807) is 19.9 Å². The molecule has 0 aliphatic carbocycles. The maximum atomic E-state index is 11.7. The average Bonchev–Trinajstić information content (AvgIpc) is 2.39. The van der Waals surface area contributed by atoms with Gasteiger partial charge in [0.2, 0.25) is 5.91 Å². The molecule has 0 heterocycles. The Kier molecular flexibility index (Phi) is 5.83. The monoisotopic (exact) mass is 283 g/mol. The third-order valence-corrected chi connectivity index (χ3v) is 3.08. The number of amides is 1. The molecule has 0 spiro atoms. The zero-order valence-electron chi connectivity index (χ0n) is 11.3. The number of halogens is 1. The lowest BCUT2D eigenvalue weighted by atomic mass is 10.0. The van der Waals surface area contributed by atoms with Gasteiger partial charge in [-0.25, -0.2) is 4.79 Å². The lowest BCUT2D eigenvalue weighted by molar-refractivity contribution is -0.145. The predicted octanol–water partition coefficient (Wildman–Crippen LogP) is 2.20. The summed E-state index contributed by atoms with van der Waals surface area (Å²) in [4.78, 5) is 23.4. The van der Waals surface area contributed by atoms with Gasteiger partial charge in [0, 0.05) is 17.4 Å². The second kappa shape index (κ2) is 7.14. The Morgan fingerprint density at radius 1 is 1.32 bits per heavy atom. The second-order valence-electron chi connectivity index (χ2n) is 4.53. The number of carbonyl (C=O) groups excluding carboxylic acids is 2. The predicted molar refractivity (Wildman–Crippen MR) is 73.9 cm³/mol. The van der Waals surface area contributed by atoms with Gasteiger partial charge in [0.15, 0.2) is 0 Å². The van der Waals surface area contributed by atoms with Crippen molar-refractivity contribution in [3.05, 3.63) is 34.9 Å². The average molecular weight is 284 g/mol. The topological polar surface area (TPSA) is 55.4 Å². The van der Waals surface area contributed by atoms with E-state index < -0.39 is 12.0 Å². The highest BCUT2D eigenvalue weighted by Gasteiger charge is 2.23. The number of ether oxygens (including phenoxy) is 1. The van der Waals surface area contributed by atoms with E-state index in [0.29, 0.717) is 11.4 Å². The summed E-state index contributed by atoms with van der Waals surface area (Å²) in [6.45, 7) is 3.53. The Labute approximate surface area is 118 Å². The van der Waals surface area contributed by atoms with E-state index in [9.17, 15) is 9.59 Å². The van der Waals surface area contributed by atoms with Gasteiger partial charge in [-0.1, -0.05) is 43.6 Å². The first-order valence-corrected chi connectivity index (χ1v) is 6.45. The lowest BCUT2D eigenvalue weighted by Crippen LogP contribution is -2.44. The summed E-state index contributed by atoms with van der Waals surface area (Å²) in [5, 5.41) is 3.24. The number of hydrogen-bond donors (Lipinski definition) is 1. The molecule has 0 radical (unpaired) electrons. The minimum atomic E-state index is -0.722. The van der Waals surface area contributed by atoms with Gasteiger partial charge in [0.25, 0.3) is 0 Å². The van der Waals surface area contributed by atoms with Crippen LogP contribution in [0.5, 0.6) is 0 Å². The van der Waals surface area contributed by atoms with E-state index in [2.05, 4.69) is 5.32 Å². The van der Waals surface area contributed by atoms with Crippen molar-refractivity contribution >= 4 is 23.5 Å². The molecule has 19 heavy (non-hydrogen) atoms. The number of hydrogen-bond acceptors (Lipinski definition) is 3. The summed E-state index contributed by atoms with van der Waals surface area (Å²) in [7, 11) is 1.30. The van der Waals surface area contributed by atoms with Crippen molar-refractivity contribution in [2.24, 2.45) is 5.92 Å². The largest absolute Gasteiger partial charge is 0.467 e. The Morgan fingerprint density at radius 3 is 2.47 bits per heavy atom. The minimum absolute atomic E-state index is 0.192.